The number of hydrogen-bond acceptors (Lipinski definition) is 7. The SMILES string of the molecule is N#Cc1ccc(N2C(=O)C(=O)/C(=C(\O)c3ccc4c(c3)OCCO4)C2c2ccccn2)cc1. The van der Waals surface area contributed by atoms with E-state index in [2.05, 4.69) is 4.98 Å². The number of aliphatic hydroxyl groups excluding tert-OH is 1. The first-order chi connectivity index (χ1) is 16.1. The number of Topliss-reactive ketones (excluding diaryl/α,β-unsaturated/α-hetero) is 1. The Hall–Kier alpha value is -4.64. The molecule has 1 fully saturated rings. The van der Waals surface area contributed by atoms with Crippen LogP contribution in [0.4, 0.5) is 5.69 Å². The van der Waals surface area contributed by atoms with Gasteiger partial charge in [0.2, 0.25) is 0 Å². The summed E-state index contributed by atoms with van der Waals surface area (Å²) in [6.45, 7) is 0.794. The van der Waals surface area contributed by atoms with E-state index in [4.69, 9.17) is 14.7 Å². The Morgan fingerprint density at radius 2 is 1.79 bits per heavy atom. The number of hydrogen-bond donors (Lipinski definition) is 1. The van der Waals surface area contributed by atoms with Crippen molar-refractivity contribution in [3.05, 3.63) is 89.3 Å². The summed E-state index contributed by atoms with van der Waals surface area (Å²) in [7, 11) is 0. The van der Waals surface area contributed by atoms with Crippen molar-refractivity contribution >= 4 is 23.1 Å². The molecule has 1 amide bonds. The van der Waals surface area contributed by atoms with Crippen molar-refractivity contribution in [2.24, 2.45) is 0 Å². The van der Waals surface area contributed by atoms with Gasteiger partial charge >= 0.3 is 0 Å². The van der Waals surface area contributed by atoms with E-state index in [9.17, 15) is 14.7 Å². The molecule has 3 heterocycles. The van der Waals surface area contributed by atoms with Gasteiger partial charge in [0.15, 0.2) is 11.5 Å². The maximum absolute atomic E-state index is 13.2. The lowest BCUT2D eigenvalue weighted by Gasteiger charge is -2.24. The zero-order valence-electron chi connectivity index (χ0n) is 17.3. The number of ether oxygens (including phenoxy) is 2. The summed E-state index contributed by atoms with van der Waals surface area (Å²) in [4.78, 5) is 31.9. The van der Waals surface area contributed by atoms with Crippen LogP contribution in [0.1, 0.15) is 22.9 Å². The van der Waals surface area contributed by atoms with Crippen LogP contribution in [0.15, 0.2) is 72.4 Å². The molecule has 0 radical (unpaired) electrons. The van der Waals surface area contributed by atoms with Crippen LogP contribution >= 0.6 is 0 Å². The number of nitriles is 1. The number of aliphatic hydroxyl groups is 1. The molecule has 162 valence electrons. The van der Waals surface area contributed by atoms with Crippen LogP contribution in [0.25, 0.3) is 5.76 Å². The van der Waals surface area contributed by atoms with Crippen LogP contribution in [0.5, 0.6) is 11.5 Å². The lowest BCUT2D eigenvalue weighted by atomic mass is 9.98. The van der Waals surface area contributed by atoms with Crippen LogP contribution < -0.4 is 14.4 Å². The topological polar surface area (TPSA) is 113 Å². The molecule has 2 aromatic carbocycles. The maximum Gasteiger partial charge on any atom is 0.300 e. The number of nitrogens with zero attached hydrogens (tertiary/aromatic N) is 3. The van der Waals surface area contributed by atoms with E-state index in [1.165, 1.54) is 4.90 Å². The molecule has 0 saturated carbocycles. The predicted molar refractivity (Wildman–Crippen MR) is 118 cm³/mol. The summed E-state index contributed by atoms with van der Waals surface area (Å²) in [5, 5.41) is 20.3. The van der Waals surface area contributed by atoms with E-state index >= 15 is 0 Å². The number of anilines is 1. The highest BCUT2D eigenvalue weighted by Crippen LogP contribution is 2.42. The Labute approximate surface area is 188 Å². The molecule has 1 atom stereocenters. The molecule has 8 nitrogen and oxygen atoms in total. The fourth-order valence-electron chi connectivity index (χ4n) is 3.96. The first-order valence-corrected chi connectivity index (χ1v) is 10.2. The van der Waals surface area contributed by atoms with E-state index in [1.54, 1.807) is 66.9 Å². The van der Waals surface area contributed by atoms with Crippen molar-refractivity contribution in [2.75, 3.05) is 18.1 Å². The molecule has 5 rings (SSSR count). The van der Waals surface area contributed by atoms with Gasteiger partial charge in [-0.05, 0) is 54.6 Å². The molecule has 2 aliphatic rings. The van der Waals surface area contributed by atoms with Crippen molar-refractivity contribution < 1.29 is 24.2 Å². The number of carbonyl (C=O) groups is 2. The highest BCUT2D eigenvalue weighted by Gasteiger charge is 2.47. The molecular formula is C25H17N3O5. The largest absolute Gasteiger partial charge is 0.507 e. The van der Waals surface area contributed by atoms with Crippen LogP contribution in [0, 0.1) is 11.3 Å². The summed E-state index contributed by atoms with van der Waals surface area (Å²) in [6.07, 6.45) is 1.55. The first kappa shape index (κ1) is 20.3. The lowest BCUT2D eigenvalue weighted by Crippen LogP contribution is -2.29. The van der Waals surface area contributed by atoms with Crippen molar-refractivity contribution in [1.82, 2.24) is 4.98 Å². The van der Waals surface area contributed by atoms with Gasteiger partial charge in [0.1, 0.15) is 25.0 Å². The van der Waals surface area contributed by atoms with Gasteiger partial charge in [0.25, 0.3) is 11.7 Å². The highest BCUT2D eigenvalue weighted by atomic mass is 16.6. The number of amides is 1. The highest BCUT2D eigenvalue weighted by molar-refractivity contribution is 6.51. The zero-order chi connectivity index (χ0) is 22.9. The van der Waals surface area contributed by atoms with E-state index in [1.807, 2.05) is 6.07 Å². The Bertz CT molecular complexity index is 1330. The average Bonchev–Trinajstić information content (AvgIpc) is 3.14. The van der Waals surface area contributed by atoms with Gasteiger partial charge in [0.05, 0.1) is 22.9 Å². The smallest absolute Gasteiger partial charge is 0.300 e. The zero-order valence-corrected chi connectivity index (χ0v) is 17.3. The maximum atomic E-state index is 13.2. The summed E-state index contributed by atoms with van der Waals surface area (Å²) in [5.74, 6) is -0.980. The molecule has 1 unspecified atom stereocenters. The number of rotatable bonds is 3. The molecule has 8 heteroatoms. The second-order valence-corrected chi connectivity index (χ2v) is 7.44. The summed E-state index contributed by atoms with van der Waals surface area (Å²) in [5.41, 5.74) is 1.48. The fourth-order valence-corrected chi connectivity index (χ4v) is 3.96. The van der Waals surface area contributed by atoms with E-state index < -0.39 is 17.7 Å². The van der Waals surface area contributed by atoms with E-state index in [-0.39, 0.29) is 11.3 Å². The van der Waals surface area contributed by atoms with Crippen molar-refractivity contribution in [3.8, 4) is 17.6 Å². The summed E-state index contributed by atoms with van der Waals surface area (Å²) < 4.78 is 11.1. The molecule has 33 heavy (non-hydrogen) atoms. The van der Waals surface area contributed by atoms with E-state index in [0.29, 0.717) is 47.2 Å². The van der Waals surface area contributed by atoms with Crippen molar-refractivity contribution in [1.29, 1.82) is 5.26 Å². The molecule has 3 aromatic rings. The molecule has 0 bridgehead atoms. The number of benzene rings is 2. The minimum absolute atomic E-state index is 0.0836. The van der Waals surface area contributed by atoms with Crippen molar-refractivity contribution in [2.45, 2.75) is 6.04 Å². The molecule has 1 N–H and O–H groups in total. The monoisotopic (exact) mass is 439 g/mol. The van der Waals surface area contributed by atoms with Gasteiger partial charge in [-0.25, -0.2) is 0 Å². The second-order valence-electron chi connectivity index (χ2n) is 7.44. The molecule has 2 aliphatic heterocycles. The third-order valence-corrected chi connectivity index (χ3v) is 5.50. The third kappa shape index (κ3) is 3.46. The Morgan fingerprint density at radius 1 is 1.03 bits per heavy atom. The molecule has 0 aliphatic carbocycles. The van der Waals surface area contributed by atoms with Crippen LogP contribution in [0.2, 0.25) is 0 Å². The van der Waals surface area contributed by atoms with Gasteiger partial charge in [-0.2, -0.15) is 5.26 Å². The lowest BCUT2D eigenvalue weighted by molar-refractivity contribution is -0.132. The number of aromatic nitrogens is 1. The fraction of sp³-hybridized carbons (Fsp3) is 0.120. The Morgan fingerprint density at radius 3 is 2.48 bits per heavy atom. The number of ketones is 1. The Kier molecular flexibility index (Phi) is 4.99. The van der Waals surface area contributed by atoms with Crippen LogP contribution in [0.3, 0.4) is 0 Å². The van der Waals surface area contributed by atoms with E-state index in [0.717, 1.165) is 0 Å². The molecule has 1 aromatic heterocycles. The Balaban J connectivity index is 1.67. The minimum atomic E-state index is -0.952. The molecular weight excluding hydrogens is 422 g/mol. The van der Waals surface area contributed by atoms with Gasteiger partial charge in [-0.1, -0.05) is 6.07 Å². The van der Waals surface area contributed by atoms with Crippen LogP contribution in [-0.4, -0.2) is 35.0 Å². The molecule has 1 saturated heterocycles. The first-order valence-electron chi connectivity index (χ1n) is 10.2. The van der Waals surface area contributed by atoms with Gasteiger partial charge < -0.3 is 14.6 Å². The number of pyridine rings is 1. The normalized spacial score (nSPS) is 18.8. The van der Waals surface area contributed by atoms with Gasteiger partial charge in [0, 0.05) is 17.4 Å². The average molecular weight is 439 g/mol. The minimum Gasteiger partial charge on any atom is -0.507 e. The summed E-state index contributed by atoms with van der Waals surface area (Å²) in [6, 6.07) is 17.3. The van der Waals surface area contributed by atoms with Crippen LogP contribution in [-0.2, 0) is 9.59 Å². The predicted octanol–water partition coefficient (Wildman–Crippen LogP) is 3.35. The quantitative estimate of drug-likeness (QED) is 0.378. The van der Waals surface area contributed by atoms with Crippen molar-refractivity contribution in [3.63, 3.8) is 0 Å². The summed E-state index contributed by atoms with van der Waals surface area (Å²) >= 11 is 0. The molecule has 0 spiro atoms. The van der Waals surface area contributed by atoms with Gasteiger partial charge in [-0.15, -0.1) is 0 Å². The van der Waals surface area contributed by atoms with Gasteiger partial charge in [-0.3, -0.25) is 19.5 Å². The number of fused-ring (bicyclic) bond motifs is 1. The third-order valence-electron chi connectivity index (χ3n) is 5.50. The number of carbonyl (C=O) groups excluding carboxylic acids is 2. The second kappa shape index (κ2) is 8.13. The standard InChI is InChI=1S/C25H17N3O5/c26-14-15-4-7-17(8-5-15)28-22(18-3-1-2-10-27-18)21(24(30)25(28)31)23(29)16-6-9-19-20(13-16)33-12-11-32-19/h1-10,13,22,29H,11-12H2/b23-21-.